The molecule has 0 aliphatic heterocycles. The molecule has 0 N–H and O–H groups in total. The van der Waals surface area contributed by atoms with Gasteiger partial charge in [-0.25, -0.2) is 0 Å². The Bertz CT molecular complexity index is 2250. The van der Waals surface area contributed by atoms with Gasteiger partial charge in [0.05, 0.1) is 0 Å². The van der Waals surface area contributed by atoms with E-state index in [0.29, 0.717) is 0 Å². The first-order valence-corrected chi connectivity index (χ1v) is 17.2. The Hall–Kier alpha value is -5.73. The minimum Gasteiger partial charge on any atom is -0.305 e. The van der Waals surface area contributed by atoms with Gasteiger partial charge in [-0.15, -0.1) is 71.3 Å². The molecule has 2 heterocycles. The molecule has 0 fully saturated rings. The molecule has 0 unspecified atom stereocenters. The van der Waals surface area contributed by atoms with Gasteiger partial charge in [0.2, 0.25) is 0 Å². The molecule has 0 saturated heterocycles. The number of hydrogen-bond donors (Lipinski definition) is 0. The number of pyridine rings is 2. The molecule has 8 aromatic rings. The number of rotatable bonds is 6. The van der Waals surface area contributed by atoms with Crippen molar-refractivity contribution >= 4 is 0 Å². The van der Waals surface area contributed by atoms with Gasteiger partial charge in [-0.05, 0) is 100 Å². The number of nitrogens with zero attached hydrogens (tertiary/aromatic N) is 2. The molecule has 255 valence electrons. The van der Waals surface area contributed by atoms with Crippen LogP contribution < -0.4 is 0 Å². The third-order valence-electron chi connectivity index (χ3n) is 8.96. The van der Waals surface area contributed by atoms with E-state index in [9.17, 15) is 0 Å². The first-order valence-electron chi connectivity index (χ1n) is 17.2. The third-order valence-corrected chi connectivity index (χ3v) is 8.96. The smallest absolute Gasteiger partial charge is 0.0239 e. The van der Waals surface area contributed by atoms with Gasteiger partial charge >= 0.3 is 0 Å². The molecule has 0 atom stereocenters. The molecule has 0 bridgehead atoms. The van der Waals surface area contributed by atoms with Crippen molar-refractivity contribution in [3.8, 4) is 67.0 Å². The van der Waals surface area contributed by atoms with E-state index in [-0.39, 0.29) is 20.1 Å². The summed E-state index contributed by atoms with van der Waals surface area (Å²) in [6.45, 7) is 6.46. The monoisotopic (exact) mass is 847 g/mol. The topological polar surface area (TPSA) is 25.8 Å². The van der Waals surface area contributed by atoms with Crippen molar-refractivity contribution < 1.29 is 20.1 Å². The van der Waals surface area contributed by atoms with E-state index in [1.54, 1.807) is 0 Å². The maximum absolute atomic E-state index is 4.60. The van der Waals surface area contributed by atoms with Gasteiger partial charge in [-0.2, -0.15) is 0 Å². The Morgan fingerprint density at radius 1 is 0.404 bits per heavy atom. The summed E-state index contributed by atoms with van der Waals surface area (Å²) in [6.07, 6.45) is 3.77. The van der Waals surface area contributed by atoms with Crippen LogP contribution in [0.3, 0.4) is 0 Å². The molecule has 0 spiro atoms. The van der Waals surface area contributed by atoms with Crippen LogP contribution in [0.4, 0.5) is 0 Å². The van der Waals surface area contributed by atoms with Crippen LogP contribution in [0, 0.1) is 32.9 Å². The summed E-state index contributed by atoms with van der Waals surface area (Å²) in [4.78, 5) is 9.05. The average molecular weight is 847 g/mol. The van der Waals surface area contributed by atoms with Crippen LogP contribution in [0.25, 0.3) is 67.0 Å². The van der Waals surface area contributed by atoms with Crippen LogP contribution in [0.2, 0.25) is 0 Å². The van der Waals surface area contributed by atoms with Crippen LogP contribution >= 0.6 is 0 Å². The number of benzene rings is 6. The molecule has 2 aromatic heterocycles. The third kappa shape index (κ3) is 8.58. The second kappa shape index (κ2) is 17.0. The molecule has 3 heteroatoms. The fraction of sp³-hybridized carbons (Fsp3) is 0.0612. The van der Waals surface area contributed by atoms with Gasteiger partial charge in [-0.3, -0.25) is 0 Å². The van der Waals surface area contributed by atoms with E-state index in [2.05, 4.69) is 152 Å². The van der Waals surface area contributed by atoms with Crippen molar-refractivity contribution in [2.45, 2.75) is 20.8 Å². The van der Waals surface area contributed by atoms with E-state index in [0.717, 1.165) is 28.1 Å². The van der Waals surface area contributed by atoms with Crippen molar-refractivity contribution in [2.75, 3.05) is 0 Å². The number of aryl methyl sites for hydroxylation is 3. The second-order valence-electron chi connectivity index (χ2n) is 12.7. The van der Waals surface area contributed by atoms with Gasteiger partial charge in [0.1, 0.15) is 0 Å². The summed E-state index contributed by atoms with van der Waals surface area (Å²) in [5.74, 6) is 0. The molecule has 0 saturated carbocycles. The van der Waals surface area contributed by atoms with Crippen LogP contribution in [0.5, 0.6) is 0 Å². The van der Waals surface area contributed by atoms with Crippen LogP contribution in [-0.2, 0) is 20.1 Å². The molecule has 0 aliphatic rings. The van der Waals surface area contributed by atoms with Gasteiger partial charge < -0.3 is 9.97 Å². The molecular formula is C49H38IrN2-2. The fourth-order valence-corrected chi connectivity index (χ4v) is 6.59. The van der Waals surface area contributed by atoms with E-state index in [1.165, 1.54) is 55.6 Å². The summed E-state index contributed by atoms with van der Waals surface area (Å²) in [7, 11) is 0. The molecule has 1 radical (unpaired) electrons. The van der Waals surface area contributed by atoms with E-state index in [1.807, 2.05) is 67.0 Å². The summed E-state index contributed by atoms with van der Waals surface area (Å²) in [5.41, 5.74) is 17.5. The maximum Gasteiger partial charge on any atom is 0.0239 e. The summed E-state index contributed by atoms with van der Waals surface area (Å²) in [6, 6.07) is 63.2. The first kappa shape index (κ1) is 36.1. The van der Waals surface area contributed by atoms with Crippen LogP contribution in [0.15, 0.2) is 176 Å². The van der Waals surface area contributed by atoms with E-state index < -0.39 is 0 Å². The predicted molar refractivity (Wildman–Crippen MR) is 213 cm³/mol. The van der Waals surface area contributed by atoms with Gasteiger partial charge in [0.25, 0.3) is 0 Å². The van der Waals surface area contributed by atoms with Gasteiger partial charge in [0, 0.05) is 32.5 Å². The van der Waals surface area contributed by atoms with E-state index in [4.69, 9.17) is 0 Å². The van der Waals surface area contributed by atoms with Crippen molar-refractivity contribution in [3.05, 3.63) is 205 Å². The molecule has 6 aromatic carbocycles. The first-order chi connectivity index (χ1) is 25.0. The summed E-state index contributed by atoms with van der Waals surface area (Å²) in [5, 5.41) is 0. The zero-order valence-corrected chi connectivity index (χ0v) is 31.9. The predicted octanol–water partition coefficient (Wildman–Crippen LogP) is 12.7. The minimum absolute atomic E-state index is 0. The Kier molecular flexibility index (Phi) is 11.8. The molecule has 52 heavy (non-hydrogen) atoms. The molecule has 0 aliphatic carbocycles. The zero-order valence-electron chi connectivity index (χ0n) is 29.5. The Balaban J connectivity index is 0.000000186. The van der Waals surface area contributed by atoms with Crippen LogP contribution in [0.1, 0.15) is 16.7 Å². The Labute approximate surface area is 321 Å². The standard InChI is InChI=1S/C29H20N.C20H18N.Ir/c1-2-9-22(10-3-1)23-11-6-12-24(19-23)25-13-7-14-26(20-25)27-15-8-16-28(21-27)29-17-4-5-18-30-29;1-14-11-15(2)20(16(3)12-14)18-9-10-19(21-13-18)17-7-5-4-6-8-17;/h1-15,17-21H;4-7,9-13H,1-3H3;/q2*-1;. The minimum atomic E-state index is 0. The molecule has 8 rings (SSSR count). The zero-order chi connectivity index (χ0) is 35.0. The largest absolute Gasteiger partial charge is 0.305 e. The van der Waals surface area contributed by atoms with Crippen molar-refractivity contribution in [3.63, 3.8) is 0 Å². The maximum atomic E-state index is 4.60. The van der Waals surface area contributed by atoms with E-state index >= 15 is 0 Å². The van der Waals surface area contributed by atoms with Gasteiger partial charge in [0.15, 0.2) is 0 Å². The normalized spacial score (nSPS) is 10.4. The fourth-order valence-electron chi connectivity index (χ4n) is 6.59. The SMILES string of the molecule is Cc1cc(C)c(-c2ccc(-c3[c-]cccc3)nc2)c(C)c1.[Ir].[c-]1ccc(-c2cccc(-c3cccc(-c4ccccc4)c3)c2)cc1-c1ccccn1. The quantitative estimate of drug-likeness (QED) is 0.156. The van der Waals surface area contributed by atoms with Crippen molar-refractivity contribution in [1.82, 2.24) is 9.97 Å². The van der Waals surface area contributed by atoms with Gasteiger partial charge in [-0.1, -0.05) is 109 Å². The summed E-state index contributed by atoms with van der Waals surface area (Å²) < 4.78 is 0. The second-order valence-corrected chi connectivity index (χ2v) is 12.7. The van der Waals surface area contributed by atoms with Crippen LogP contribution in [-0.4, -0.2) is 9.97 Å². The molecule has 0 amide bonds. The number of aromatic nitrogens is 2. The molecular weight excluding hydrogens is 809 g/mol. The summed E-state index contributed by atoms with van der Waals surface area (Å²) >= 11 is 0. The average Bonchev–Trinajstić information content (AvgIpc) is 3.19. The molecule has 2 nitrogen and oxygen atoms in total. The van der Waals surface area contributed by atoms with Crippen molar-refractivity contribution in [2.24, 2.45) is 0 Å². The number of hydrogen-bond acceptors (Lipinski definition) is 2. The Morgan fingerprint density at radius 2 is 0.981 bits per heavy atom. The van der Waals surface area contributed by atoms with Crippen molar-refractivity contribution in [1.29, 1.82) is 0 Å². The Morgan fingerprint density at radius 3 is 1.58 bits per heavy atom.